The van der Waals surface area contributed by atoms with E-state index in [0.717, 1.165) is 25.2 Å². The first kappa shape index (κ1) is 12.0. The third-order valence-corrected chi connectivity index (χ3v) is 3.41. The van der Waals surface area contributed by atoms with Crippen molar-refractivity contribution in [2.24, 2.45) is 11.8 Å². The Kier molecular flexibility index (Phi) is 3.92. The van der Waals surface area contributed by atoms with Gasteiger partial charge in [-0.15, -0.1) is 0 Å². The van der Waals surface area contributed by atoms with Crippen LogP contribution in [0.25, 0.3) is 0 Å². The van der Waals surface area contributed by atoms with E-state index in [1.54, 1.807) is 6.07 Å². The summed E-state index contributed by atoms with van der Waals surface area (Å²) in [7, 11) is 0. The summed E-state index contributed by atoms with van der Waals surface area (Å²) in [6.45, 7) is 2.51. The Morgan fingerprint density at radius 2 is 2.25 bits per heavy atom. The SMILES string of the molecule is NOCC1CCN(c2ccc(Cl)cc2Cl)C1. The van der Waals surface area contributed by atoms with Gasteiger partial charge in [-0.2, -0.15) is 0 Å². The van der Waals surface area contributed by atoms with Crippen LogP contribution >= 0.6 is 23.2 Å². The van der Waals surface area contributed by atoms with E-state index in [0.29, 0.717) is 22.6 Å². The maximum Gasteiger partial charge on any atom is 0.0724 e. The van der Waals surface area contributed by atoms with Crippen molar-refractivity contribution in [1.29, 1.82) is 0 Å². The summed E-state index contributed by atoms with van der Waals surface area (Å²) in [5, 5.41) is 1.36. The minimum absolute atomic E-state index is 0.483. The fourth-order valence-corrected chi connectivity index (χ4v) is 2.59. The topological polar surface area (TPSA) is 38.5 Å². The zero-order chi connectivity index (χ0) is 11.5. The lowest BCUT2D eigenvalue weighted by Gasteiger charge is -2.20. The van der Waals surface area contributed by atoms with Gasteiger partial charge in [0, 0.05) is 24.0 Å². The Balaban J connectivity index is 2.08. The van der Waals surface area contributed by atoms with Crippen LogP contribution in [0.15, 0.2) is 18.2 Å². The molecule has 1 aliphatic heterocycles. The second-order valence-electron chi connectivity index (χ2n) is 4.03. The third-order valence-electron chi connectivity index (χ3n) is 2.87. The zero-order valence-electron chi connectivity index (χ0n) is 8.83. The molecule has 5 heteroatoms. The second-order valence-corrected chi connectivity index (χ2v) is 4.87. The molecule has 0 aliphatic carbocycles. The number of anilines is 1. The molecular formula is C11H14Cl2N2O. The molecular weight excluding hydrogens is 247 g/mol. The Bertz CT molecular complexity index is 373. The van der Waals surface area contributed by atoms with E-state index in [2.05, 4.69) is 9.74 Å². The molecule has 1 saturated heterocycles. The molecule has 2 rings (SSSR count). The highest BCUT2D eigenvalue weighted by Crippen LogP contribution is 2.32. The van der Waals surface area contributed by atoms with Crippen molar-refractivity contribution in [3.8, 4) is 0 Å². The highest BCUT2D eigenvalue weighted by molar-refractivity contribution is 6.36. The fraction of sp³-hybridized carbons (Fsp3) is 0.455. The maximum absolute atomic E-state index is 6.15. The molecule has 1 unspecified atom stereocenters. The molecule has 3 nitrogen and oxygen atoms in total. The van der Waals surface area contributed by atoms with E-state index in [1.807, 2.05) is 12.1 Å². The van der Waals surface area contributed by atoms with Gasteiger partial charge in [0.05, 0.1) is 17.3 Å². The Morgan fingerprint density at radius 1 is 1.44 bits per heavy atom. The van der Waals surface area contributed by atoms with Crippen LogP contribution in [0.4, 0.5) is 5.69 Å². The zero-order valence-corrected chi connectivity index (χ0v) is 10.3. The number of hydrogen-bond donors (Lipinski definition) is 1. The van der Waals surface area contributed by atoms with Crippen molar-refractivity contribution >= 4 is 28.9 Å². The summed E-state index contributed by atoms with van der Waals surface area (Å²) in [4.78, 5) is 6.92. The van der Waals surface area contributed by atoms with Crippen LogP contribution in [0.1, 0.15) is 6.42 Å². The molecule has 0 saturated carbocycles. The first-order valence-electron chi connectivity index (χ1n) is 5.22. The van der Waals surface area contributed by atoms with Crippen molar-refractivity contribution in [2.75, 3.05) is 24.6 Å². The van der Waals surface area contributed by atoms with Gasteiger partial charge in [-0.25, -0.2) is 5.90 Å². The van der Waals surface area contributed by atoms with Crippen LogP contribution < -0.4 is 10.8 Å². The molecule has 2 N–H and O–H groups in total. The minimum atomic E-state index is 0.483. The van der Waals surface area contributed by atoms with Crippen LogP contribution in [-0.2, 0) is 4.84 Å². The summed E-state index contributed by atoms with van der Waals surface area (Å²) in [6, 6.07) is 5.58. The average molecular weight is 261 g/mol. The van der Waals surface area contributed by atoms with Gasteiger partial charge >= 0.3 is 0 Å². The van der Waals surface area contributed by atoms with Gasteiger partial charge in [-0.05, 0) is 24.6 Å². The van der Waals surface area contributed by atoms with Crippen LogP contribution in [0.3, 0.4) is 0 Å². The van der Waals surface area contributed by atoms with Crippen molar-refractivity contribution in [3.05, 3.63) is 28.2 Å². The molecule has 0 amide bonds. The Morgan fingerprint density at radius 3 is 2.94 bits per heavy atom. The summed E-state index contributed by atoms with van der Waals surface area (Å²) in [5.74, 6) is 5.56. The van der Waals surface area contributed by atoms with Crippen LogP contribution in [0.5, 0.6) is 0 Å². The van der Waals surface area contributed by atoms with Gasteiger partial charge in [0.2, 0.25) is 0 Å². The molecule has 0 bridgehead atoms. The van der Waals surface area contributed by atoms with Crippen molar-refractivity contribution in [1.82, 2.24) is 0 Å². The highest BCUT2D eigenvalue weighted by atomic mass is 35.5. The van der Waals surface area contributed by atoms with Crippen LogP contribution in [0, 0.1) is 5.92 Å². The van der Waals surface area contributed by atoms with Crippen LogP contribution in [-0.4, -0.2) is 19.7 Å². The monoisotopic (exact) mass is 260 g/mol. The molecule has 16 heavy (non-hydrogen) atoms. The standard InChI is InChI=1S/C11H14Cl2N2O/c12-9-1-2-11(10(13)5-9)15-4-3-8(6-15)7-16-14/h1-2,5,8H,3-4,6-7,14H2. The molecule has 1 aromatic rings. The smallest absolute Gasteiger partial charge is 0.0724 e. The van der Waals surface area contributed by atoms with E-state index in [4.69, 9.17) is 29.1 Å². The normalized spacial score (nSPS) is 20.4. The third kappa shape index (κ3) is 2.61. The number of hydrogen-bond acceptors (Lipinski definition) is 3. The molecule has 0 aromatic heterocycles. The average Bonchev–Trinajstić information content (AvgIpc) is 2.67. The number of nitrogens with two attached hydrogens (primary N) is 1. The predicted molar refractivity (Wildman–Crippen MR) is 66.9 cm³/mol. The summed E-state index contributed by atoms with van der Waals surface area (Å²) in [5.41, 5.74) is 1.03. The molecule has 1 fully saturated rings. The van der Waals surface area contributed by atoms with Gasteiger partial charge < -0.3 is 9.74 Å². The van der Waals surface area contributed by atoms with E-state index >= 15 is 0 Å². The van der Waals surface area contributed by atoms with E-state index in [-0.39, 0.29) is 0 Å². The van der Waals surface area contributed by atoms with Gasteiger partial charge in [0.15, 0.2) is 0 Å². The molecule has 88 valence electrons. The molecule has 0 radical (unpaired) electrons. The summed E-state index contributed by atoms with van der Waals surface area (Å²) < 4.78 is 0. The van der Waals surface area contributed by atoms with Crippen molar-refractivity contribution < 1.29 is 4.84 Å². The molecule has 1 atom stereocenters. The predicted octanol–water partition coefficient (Wildman–Crippen LogP) is 2.71. The van der Waals surface area contributed by atoms with Crippen molar-refractivity contribution in [2.45, 2.75) is 6.42 Å². The first-order valence-corrected chi connectivity index (χ1v) is 5.98. The number of benzene rings is 1. The van der Waals surface area contributed by atoms with Crippen LogP contribution in [0.2, 0.25) is 10.0 Å². The number of rotatable bonds is 3. The van der Waals surface area contributed by atoms with Crippen molar-refractivity contribution in [3.63, 3.8) is 0 Å². The number of halogens is 2. The van der Waals surface area contributed by atoms with E-state index in [9.17, 15) is 0 Å². The van der Waals surface area contributed by atoms with Gasteiger partial charge in [-0.1, -0.05) is 23.2 Å². The Labute approximate surface area is 105 Å². The van der Waals surface area contributed by atoms with E-state index in [1.165, 1.54) is 0 Å². The Hall–Kier alpha value is -0.480. The first-order chi connectivity index (χ1) is 7.70. The minimum Gasteiger partial charge on any atom is -0.370 e. The summed E-state index contributed by atoms with van der Waals surface area (Å²) in [6.07, 6.45) is 1.08. The lowest BCUT2D eigenvalue weighted by atomic mass is 10.1. The molecule has 1 aliphatic rings. The van der Waals surface area contributed by atoms with Gasteiger partial charge in [-0.3, -0.25) is 0 Å². The lowest BCUT2D eigenvalue weighted by molar-refractivity contribution is 0.108. The number of nitrogens with zero attached hydrogens (tertiary/aromatic N) is 1. The van der Waals surface area contributed by atoms with Gasteiger partial charge in [0.25, 0.3) is 0 Å². The molecule has 1 aromatic carbocycles. The maximum atomic E-state index is 6.15. The lowest BCUT2D eigenvalue weighted by Crippen LogP contribution is -2.22. The largest absolute Gasteiger partial charge is 0.370 e. The molecule has 0 spiro atoms. The highest BCUT2D eigenvalue weighted by Gasteiger charge is 2.24. The second kappa shape index (κ2) is 5.23. The van der Waals surface area contributed by atoms with E-state index < -0.39 is 0 Å². The van der Waals surface area contributed by atoms with Gasteiger partial charge in [0.1, 0.15) is 0 Å². The summed E-state index contributed by atoms with van der Waals surface area (Å²) >= 11 is 12.0. The fourth-order valence-electron chi connectivity index (χ4n) is 2.06. The quantitative estimate of drug-likeness (QED) is 0.850. The molecule has 1 heterocycles.